The zero-order valence-electron chi connectivity index (χ0n) is 10.0. The van der Waals surface area contributed by atoms with Crippen molar-refractivity contribution in [1.29, 1.82) is 0 Å². The molecule has 0 atom stereocenters. The Balaban J connectivity index is 1.95. The van der Waals surface area contributed by atoms with Gasteiger partial charge in [0.2, 0.25) is 5.91 Å². The third-order valence-electron chi connectivity index (χ3n) is 3.22. The van der Waals surface area contributed by atoms with E-state index in [4.69, 9.17) is 10.5 Å². The predicted molar refractivity (Wildman–Crippen MR) is 68.0 cm³/mol. The third-order valence-corrected chi connectivity index (χ3v) is 3.22. The number of hydrogen-bond acceptors (Lipinski definition) is 3. The summed E-state index contributed by atoms with van der Waals surface area (Å²) in [6.07, 6.45) is 4.23. The second-order valence-corrected chi connectivity index (χ2v) is 4.51. The number of benzene rings is 1. The molecule has 1 saturated carbocycles. The summed E-state index contributed by atoms with van der Waals surface area (Å²) in [5.41, 5.74) is 7.01. The number of carbonyl (C=O) groups excluding carboxylic acids is 1. The first-order chi connectivity index (χ1) is 8.19. The van der Waals surface area contributed by atoms with Gasteiger partial charge in [0.15, 0.2) is 0 Å². The predicted octanol–water partition coefficient (Wildman–Crippen LogP) is 2.41. The lowest BCUT2D eigenvalue weighted by Crippen LogP contribution is -2.20. The minimum atomic E-state index is 0.0709. The summed E-state index contributed by atoms with van der Waals surface area (Å²) in [7, 11) is 1.56. The zero-order chi connectivity index (χ0) is 12.3. The fourth-order valence-electron chi connectivity index (χ4n) is 1.96. The van der Waals surface area contributed by atoms with Crippen LogP contribution in [0.5, 0.6) is 5.75 Å². The summed E-state index contributed by atoms with van der Waals surface area (Å²) in [4.78, 5) is 11.7. The molecule has 1 aromatic rings. The number of nitrogen functional groups attached to an aromatic ring is 1. The number of anilines is 2. The van der Waals surface area contributed by atoms with E-state index in [1.165, 1.54) is 19.3 Å². The Morgan fingerprint density at radius 3 is 2.88 bits per heavy atom. The Morgan fingerprint density at radius 1 is 1.53 bits per heavy atom. The molecule has 1 aromatic carbocycles. The van der Waals surface area contributed by atoms with Gasteiger partial charge in [0, 0.05) is 18.2 Å². The molecule has 3 N–H and O–H groups in total. The summed E-state index contributed by atoms with van der Waals surface area (Å²) in [6.45, 7) is 0. The average Bonchev–Trinajstić information content (AvgIpc) is 2.26. The van der Waals surface area contributed by atoms with E-state index in [-0.39, 0.29) is 5.91 Å². The summed E-state index contributed by atoms with van der Waals surface area (Å²) < 4.78 is 5.10. The van der Waals surface area contributed by atoms with E-state index in [0.717, 1.165) is 5.69 Å². The fraction of sp³-hybridized carbons (Fsp3) is 0.462. The molecule has 0 radical (unpaired) electrons. The first-order valence-corrected chi connectivity index (χ1v) is 5.92. The molecule has 0 saturated heterocycles. The standard InChI is InChI=1S/C13H18N2O2/c1-17-12-8-10(5-6-11(12)14)15-13(16)7-9-3-2-4-9/h5-6,8-9H,2-4,7,14H2,1H3,(H,15,16). The van der Waals surface area contributed by atoms with Gasteiger partial charge in [-0.05, 0) is 30.9 Å². The highest BCUT2D eigenvalue weighted by Gasteiger charge is 2.20. The van der Waals surface area contributed by atoms with Crippen molar-refractivity contribution in [2.75, 3.05) is 18.2 Å². The number of nitrogens with one attached hydrogen (secondary N) is 1. The van der Waals surface area contributed by atoms with Crippen LogP contribution in [0.4, 0.5) is 11.4 Å². The number of methoxy groups -OCH3 is 1. The molecule has 0 unspecified atom stereocenters. The number of rotatable bonds is 4. The molecule has 2 rings (SSSR count). The van der Waals surface area contributed by atoms with Gasteiger partial charge in [-0.3, -0.25) is 4.79 Å². The van der Waals surface area contributed by atoms with Crippen LogP contribution in [-0.2, 0) is 4.79 Å². The van der Waals surface area contributed by atoms with Crippen LogP contribution in [0.15, 0.2) is 18.2 Å². The molecular weight excluding hydrogens is 216 g/mol. The number of ether oxygens (including phenoxy) is 1. The second kappa shape index (κ2) is 5.08. The van der Waals surface area contributed by atoms with E-state index in [2.05, 4.69) is 5.32 Å². The smallest absolute Gasteiger partial charge is 0.224 e. The van der Waals surface area contributed by atoms with Crippen molar-refractivity contribution in [3.63, 3.8) is 0 Å². The maximum atomic E-state index is 11.7. The van der Waals surface area contributed by atoms with Gasteiger partial charge < -0.3 is 15.8 Å². The molecular formula is C13H18N2O2. The SMILES string of the molecule is COc1cc(NC(=O)CC2CCC2)ccc1N. The Bertz CT molecular complexity index is 414. The highest BCUT2D eigenvalue weighted by atomic mass is 16.5. The molecule has 1 aliphatic carbocycles. The first kappa shape index (κ1) is 11.8. The van der Waals surface area contributed by atoms with Crippen molar-refractivity contribution in [2.45, 2.75) is 25.7 Å². The van der Waals surface area contributed by atoms with E-state index >= 15 is 0 Å². The van der Waals surface area contributed by atoms with Crippen LogP contribution in [0, 0.1) is 5.92 Å². The van der Waals surface area contributed by atoms with E-state index in [1.54, 1.807) is 25.3 Å². The Kier molecular flexibility index (Phi) is 3.52. The van der Waals surface area contributed by atoms with Gasteiger partial charge >= 0.3 is 0 Å². The molecule has 0 aliphatic heterocycles. The van der Waals surface area contributed by atoms with Gasteiger partial charge in [0.25, 0.3) is 0 Å². The van der Waals surface area contributed by atoms with Crippen molar-refractivity contribution in [3.05, 3.63) is 18.2 Å². The lowest BCUT2D eigenvalue weighted by Gasteiger charge is -2.24. The molecule has 0 heterocycles. The minimum Gasteiger partial charge on any atom is -0.495 e. The summed E-state index contributed by atoms with van der Waals surface area (Å²) >= 11 is 0. The van der Waals surface area contributed by atoms with Gasteiger partial charge in [-0.15, -0.1) is 0 Å². The molecule has 1 amide bonds. The molecule has 4 heteroatoms. The fourth-order valence-corrected chi connectivity index (χ4v) is 1.96. The zero-order valence-corrected chi connectivity index (χ0v) is 10.0. The largest absolute Gasteiger partial charge is 0.495 e. The van der Waals surface area contributed by atoms with Crippen molar-refractivity contribution < 1.29 is 9.53 Å². The van der Waals surface area contributed by atoms with Crippen LogP contribution in [0.25, 0.3) is 0 Å². The normalized spacial score (nSPS) is 15.1. The quantitative estimate of drug-likeness (QED) is 0.786. The van der Waals surface area contributed by atoms with Crippen LogP contribution in [-0.4, -0.2) is 13.0 Å². The lowest BCUT2D eigenvalue weighted by molar-refractivity contribution is -0.117. The molecule has 17 heavy (non-hydrogen) atoms. The van der Waals surface area contributed by atoms with Crippen LogP contribution >= 0.6 is 0 Å². The summed E-state index contributed by atoms with van der Waals surface area (Å²) in [6, 6.07) is 5.27. The van der Waals surface area contributed by atoms with Crippen LogP contribution < -0.4 is 15.8 Å². The van der Waals surface area contributed by atoms with E-state index in [0.29, 0.717) is 23.8 Å². The van der Waals surface area contributed by atoms with E-state index < -0.39 is 0 Å². The number of amides is 1. The topological polar surface area (TPSA) is 64.3 Å². The number of hydrogen-bond donors (Lipinski definition) is 2. The summed E-state index contributed by atoms with van der Waals surface area (Å²) in [5, 5.41) is 2.87. The van der Waals surface area contributed by atoms with Crippen molar-refractivity contribution in [3.8, 4) is 5.75 Å². The molecule has 1 aliphatic rings. The number of carbonyl (C=O) groups is 1. The van der Waals surface area contributed by atoms with Gasteiger partial charge in [-0.25, -0.2) is 0 Å². The maximum Gasteiger partial charge on any atom is 0.224 e. The van der Waals surface area contributed by atoms with Gasteiger partial charge in [-0.1, -0.05) is 6.42 Å². The number of nitrogens with two attached hydrogens (primary N) is 1. The second-order valence-electron chi connectivity index (χ2n) is 4.51. The molecule has 0 spiro atoms. The highest BCUT2D eigenvalue weighted by molar-refractivity contribution is 5.91. The molecule has 92 valence electrons. The Morgan fingerprint density at radius 2 is 2.29 bits per heavy atom. The molecule has 1 fully saturated rings. The van der Waals surface area contributed by atoms with Crippen LogP contribution in [0.1, 0.15) is 25.7 Å². The van der Waals surface area contributed by atoms with Gasteiger partial charge in [-0.2, -0.15) is 0 Å². The monoisotopic (exact) mass is 234 g/mol. The molecule has 0 aromatic heterocycles. The van der Waals surface area contributed by atoms with Crippen molar-refractivity contribution >= 4 is 17.3 Å². The average molecular weight is 234 g/mol. The minimum absolute atomic E-state index is 0.0709. The van der Waals surface area contributed by atoms with E-state index in [9.17, 15) is 4.79 Å². The lowest BCUT2D eigenvalue weighted by atomic mass is 9.83. The highest BCUT2D eigenvalue weighted by Crippen LogP contribution is 2.30. The van der Waals surface area contributed by atoms with Gasteiger partial charge in [0.1, 0.15) is 5.75 Å². The van der Waals surface area contributed by atoms with Crippen molar-refractivity contribution in [1.82, 2.24) is 0 Å². The van der Waals surface area contributed by atoms with Crippen molar-refractivity contribution in [2.24, 2.45) is 5.92 Å². The first-order valence-electron chi connectivity index (χ1n) is 5.92. The molecule has 0 bridgehead atoms. The van der Waals surface area contributed by atoms with Gasteiger partial charge in [0.05, 0.1) is 12.8 Å². The third kappa shape index (κ3) is 2.90. The maximum absolute atomic E-state index is 11.7. The molecule has 4 nitrogen and oxygen atoms in total. The van der Waals surface area contributed by atoms with Crippen LogP contribution in [0.3, 0.4) is 0 Å². The Labute approximate surface area is 101 Å². The van der Waals surface area contributed by atoms with E-state index in [1.807, 2.05) is 0 Å². The summed E-state index contributed by atoms with van der Waals surface area (Å²) in [5.74, 6) is 1.23. The Hall–Kier alpha value is -1.71. The van der Waals surface area contributed by atoms with Crippen LogP contribution in [0.2, 0.25) is 0 Å².